The molecule has 4 nitrogen and oxygen atoms in total. The fourth-order valence-corrected chi connectivity index (χ4v) is 3.53. The van der Waals surface area contributed by atoms with Crippen molar-refractivity contribution in [2.24, 2.45) is 7.05 Å². The highest BCUT2D eigenvalue weighted by Gasteiger charge is 2.12. The molecular weight excluding hydrogens is 318 g/mol. The SMILES string of the molecule is COc1ccc(C)cc1CSc1nnc(-c2cccc(C)c2)n1C. The van der Waals surface area contributed by atoms with E-state index in [1.165, 1.54) is 16.7 Å². The van der Waals surface area contributed by atoms with Crippen molar-refractivity contribution in [1.82, 2.24) is 14.8 Å². The smallest absolute Gasteiger partial charge is 0.191 e. The Balaban J connectivity index is 1.81. The van der Waals surface area contributed by atoms with Gasteiger partial charge in [0.25, 0.3) is 0 Å². The summed E-state index contributed by atoms with van der Waals surface area (Å²) >= 11 is 1.67. The molecule has 0 aliphatic rings. The predicted molar refractivity (Wildman–Crippen MR) is 98.5 cm³/mol. The molecule has 124 valence electrons. The molecule has 1 heterocycles. The molecule has 0 radical (unpaired) electrons. The molecule has 0 saturated heterocycles. The Morgan fingerprint density at radius 1 is 1.04 bits per heavy atom. The van der Waals surface area contributed by atoms with Crippen molar-refractivity contribution in [3.8, 4) is 17.1 Å². The quantitative estimate of drug-likeness (QED) is 0.646. The first-order valence-corrected chi connectivity index (χ1v) is 8.80. The Labute approximate surface area is 146 Å². The highest BCUT2D eigenvalue weighted by Crippen LogP contribution is 2.29. The molecule has 24 heavy (non-hydrogen) atoms. The van der Waals surface area contributed by atoms with Crippen molar-refractivity contribution >= 4 is 11.8 Å². The van der Waals surface area contributed by atoms with Gasteiger partial charge in [-0.3, -0.25) is 0 Å². The van der Waals surface area contributed by atoms with Gasteiger partial charge in [0, 0.05) is 23.9 Å². The van der Waals surface area contributed by atoms with Gasteiger partial charge < -0.3 is 9.30 Å². The summed E-state index contributed by atoms with van der Waals surface area (Å²) in [5, 5.41) is 9.61. The Morgan fingerprint density at radius 2 is 1.83 bits per heavy atom. The summed E-state index contributed by atoms with van der Waals surface area (Å²) in [5.41, 5.74) is 4.70. The highest BCUT2D eigenvalue weighted by molar-refractivity contribution is 7.98. The number of aryl methyl sites for hydroxylation is 2. The van der Waals surface area contributed by atoms with Gasteiger partial charge in [-0.15, -0.1) is 10.2 Å². The van der Waals surface area contributed by atoms with Crippen LogP contribution in [0.2, 0.25) is 0 Å². The molecule has 0 aliphatic heterocycles. The summed E-state index contributed by atoms with van der Waals surface area (Å²) in [7, 11) is 3.71. The number of nitrogens with zero attached hydrogens (tertiary/aromatic N) is 3. The first-order chi connectivity index (χ1) is 11.6. The second-order valence-corrected chi connectivity index (χ2v) is 6.78. The minimum absolute atomic E-state index is 0.796. The van der Waals surface area contributed by atoms with Gasteiger partial charge in [0.05, 0.1) is 7.11 Å². The van der Waals surface area contributed by atoms with Gasteiger partial charge in [0.15, 0.2) is 11.0 Å². The number of methoxy groups -OCH3 is 1. The van der Waals surface area contributed by atoms with E-state index in [9.17, 15) is 0 Å². The molecule has 1 aromatic heterocycles. The van der Waals surface area contributed by atoms with Crippen LogP contribution in [0.25, 0.3) is 11.4 Å². The average Bonchev–Trinajstić information content (AvgIpc) is 2.94. The molecule has 0 N–H and O–H groups in total. The number of rotatable bonds is 5. The molecule has 0 unspecified atom stereocenters. The van der Waals surface area contributed by atoms with E-state index < -0.39 is 0 Å². The summed E-state index contributed by atoms with van der Waals surface area (Å²) in [6.07, 6.45) is 0. The lowest BCUT2D eigenvalue weighted by Gasteiger charge is -2.09. The van der Waals surface area contributed by atoms with E-state index in [2.05, 4.69) is 54.4 Å². The zero-order valence-electron chi connectivity index (χ0n) is 14.4. The maximum absolute atomic E-state index is 5.45. The minimum atomic E-state index is 0.796. The number of benzene rings is 2. The van der Waals surface area contributed by atoms with Crippen LogP contribution in [0.5, 0.6) is 5.75 Å². The molecule has 0 fully saturated rings. The Hall–Kier alpha value is -2.27. The van der Waals surface area contributed by atoms with Crippen molar-refractivity contribution in [2.45, 2.75) is 24.8 Å². The molecule has 0 amide bonds. The van der Waals surface area contributed by atoms with Gasteiger partial charge in [-0.25, -0.2) is 0 Å². The third kappa shape index (κ3) is 3.46. The van der Waals surface area contributed by atoms with Gasteiger partial charge in [0.1, 0.15) is 5.75 Å². The van der Waals surface area contributed by atoms with E-state index in [-0.39, 0.29) is 0 Å². The Morgan fingerprint density at radius 3 is 2.58 bits per heavy atom. The molecule has 5 heteroatoms. The van der Waals surface area contributed by atoms with Gasteiger partial charge >= 0.3 is 0 Å². The number of hydrogen-bond acceptors (Lipinski definition) is 4. The van der Waals surface area contributed by atoms with Crippen molar-refractivity contribution in [2.75, 3.05) is 7.11 Å². The predicted octanol–water partition coefficient (Wildman–Crippen LogP) is 4.40. The van der Waals surface area contributed by atoms with E-state index in [0.29, 0.717) is 0 Å². The zero-order valence-corrected chi connectivity index (χ0v) is 15.2. The summed E-state index contributed by atoms with van der Waals surface area (Å²) in [4.78, 5) is 0. The molecule has 0 spiro atoms. The fraction of sp³-hybridized carbons (Fsp3) is 0.263. The molecule has 3 aromatic rings. The van der Waals surface area contributed by atoms with E-state index in [0.717, 1.165) is 28.0 Å². The first kappa shape index (κ1) is 16.6. The number of aromatic nitrogens is 3. The Kier molecular flexibility index (Phi) is 4.90. The molecule has 0 saturated carbocycles. The first-order valence-electron chi connectivity index (χ1n) is 7.81. The lowest BCUT2D eigenvalue weighted by Crippen LogP contribution is -1.96. The molecule has 2 aromatic carbocycles. The van der Waals surface area contributed by atoms with Crippen LogP contribution in [0, 0.1) is 13.8 Å². The Bertz CT molecular complexity index is 858. The standard InChI is InChI=1S/C19H21N3OS/c1-13-6-5-7-15(10-13)18-20-21-19(22(18)3)24-12-16-11-14(2)8-9-17(16)23-4/h5-11H,12H2,1-4H3. The molecule has 0 aliphatic carbocycles. The van der Waals surface area contributed by atoms with Crippen LogP contribution in [-0.4, -0.2) is 21.9 Å². The largest absolute Gasteiger partial charge is 0.496 e. The molecule has 0 atom stereocenters. The highest BCUT2D eigenvalue weighted by atomic mass is 32.2. The number of thioether (sulfide) groups is 1. The van der Waals surface area contributed by atoms with Crippen LogP contribution < -0.4 is 4.74 Å². The zero-order chi connectivity index (χ0) is 17.1. The summed E-state index contributed by atoms with van der Waals surface area (Å²) < 4.78 is 7.49. The monoisotopic (exact) mass is 339 g/mol. The van der Waals surface area contributed by atoms with Crippen LogP contribution in [0.3, 0.4) is 0 Å². The second-order valence-electron chi connectivity index (χ2n) is 5.84. The van der Waals surface area contributed by atoms with Crippen LogP contribution in [0.4, 0.5) is 0 Å². The number of hydrogen-bond donors (Lipinski definition) is 0. The second kappa shape index (κ2) is 7.09. The fourth-order valence-electron chi connectivity index (χ4n) is 2.64. The summed E-state index contributed by atoms with van der Waals surface area (Å²) in [5.74, 6) is 2.59. The van der Waals surface area contributed by atoms with Crippen LogP contribution >= 0.6 is 11.8 Å². The summed E-state index contributed by atoms with van der Waals surface area (Å²) in [6.45, 7) is 4.17. The molecular formula is C19H21N3OS. The lowest BCUT2D eigenvalue weighted by atomic mass is 10.1. The van der Waals surface area contributed by atoms with Crippen molar-refractivity contribution in [1.29, 1.82) is 0 Å². The molecule has 0 bridgehead atoms. The average molecular weight is 339 g/mol. The maximum Gasteiger partial charge on any atom is 0.191 e. The van der Waals surface area contributed by atoms with Crippen LogP contribution in [-0.2, 0) is 12.8 Å². The third-order valence-corrected chi connectivity index (χ3v) is 4.97. The van der Waals surface area contributed by atoms with Crippen LogP contribution in [0.15, 0.2) is 47.6 Å². The van der Waals surface area contributed by atoms with Gasteiger partial charge in [-0.1, -0.05) is 53.2 Å². The van der Waals surface area contributed by atoms with Crippen LogP contribution in [0.1, 0.15) is 16.7 Å². The maximum atomic E-state index is 5.45. The number of ether oxygens (including phenoxy) is 1. The van der Waals surface area contributed by atoms with E-state index in [4.69, 9.17) is 4.74 Å². The van der Waals surface area contributed by atoms with E-state index in [1.807, 2.05) is 23.7 Å². The summed E-state index contributed by atoms with van der Waals surface area (Å²) in [6, 6.07) is 14.6. The van der Waals surface area contributed by atoms with Gasteiger partial charge in [-0.2, -0.15) is 0 Å². The van der Waals surface area contributed by atoms with Crippen molar-refractivity contribution in [3.63, 3.8) is 0 Å². The van der Waals surface area contributed by atoms with Crippen molar-refractivity contribution in [3.05, 3.63) is 59.2 Å². The normalized spacial score (nSPS) is 10.8. The molecule has 3 rings (SSSR count). The van der Waals surface area contributed by atoms with Gasteiger partial charge in [-0.05, 0) is 26.0 Å². The van der Waals surface area contributed by atoms with Gasteiger partial charge in [0.2, 0.25) is 0 Å². The third-order valence-electron chi connectivity index (χ3n) is 3.90. The van der Waals surface area contributed by atoms with E-state index in [1.54, 1.807) is 18.9 Å². The topological polar surface area (TPSA) is 39.9 Å². The van der Waals surface area contributed by atoms with Crippen molar-refractivity contribution < 1.29 is 4.74 Å². The minimum Gasteiger partial charge on any atom is -0.496 e. The lowest BCUT2D eigenvalue weighted by molar-refractivity contribution is 0.411. The van der Waals surface area contributed by atoms with E-state index >= 15 is 0 Å².